The molecule has 7 nitrogen and oxygen atoms in total. The fraction of sp³-hybridized carbons (Fsp3) is 0.450. The molecular weight excluding hydrogens is 363 g/mol. The number of ether oxygens (including phenoxy) is 1. The molecule has 0 aliphatic carbocycles. The Morgan fingerprint density at radius 3 is 2.68 bits per heavy atom. The van der Waals surface area contributed by atoms with E-state index in [2.05, 4.69) is 5.10 Å². The van der Waals surface area contributed by atoms with E-state index in [4.69, 9.17) is 4.74 Å². The second-order valence-corrected chi connectivity index (χ2v) is 7.22. The summed E-state index contributed by atoms with van der Waals surface area (Å²) in [6.45, 7) is 3.63. The Kier molecular flexibility index (Phi) is 4.66. The first-order valence-corrected chi connectivity index (χ1v) is 9.45. The maximum absolute atomic E-state index is 13.7. The maximum atomic E-state index is 13.7. The highest BCUT2D eigenvalue weighted by atomic mass is 19.1. The molecule has 1 unspecified atom stereocenters. The first-order chi connectivity index (χ1) is 13.5. The monoisotopic (exact) mass is 386 g/mol. The van der Waals surface area contributed by atoms with Crippen molar-refractivity contribution in [1.82, 2.24) is 14.7 Å². The molecule has 2 aliphatic rings. The largest absolute Gasteiger partial charge is 0.369 e. The van der Waals surface area contributed by atoms with Gasteiger partial charge in [-0.2, -0.15) is 5.10 Å². The first-order valence-electron chi connectivity index (χ1n) is 9.45. The second kappa shape index (κ2) is 7.01. The lowest BCUT2D eigenvalue weighted by Crippen LogP contribution is -2.78. The number of aryl methyl sites for hydroxylation is 1. The van der Waals surface area contributed by atoms with E-state index in [1.165, 1.54) is 19.2 Å². The van der Waals surface area contributed by atoms with Gasteiger partial charge in [-0.15, -0.1) is 0 Å². The quantitative estimate of drug-likeness (QED) is 0.755. The van der Waals surface area contributed by atoms with Gasteiger partial charge in [-0.3, -0.25) is 14.3 Å². The minimum absolute atomic E-state index is 0.112. The first kappa shape index (κ1) is 18.6. The molecule has 0 saturated carbocycles. The zero-order valence-corrected chi connectivity index (χ0v) is 16.0. The smallest absolute Gasteiger partial charge is 0.274 e. The Morgan fingerprint density at radius 1 is 1.32 bits per heavy atom. The zero-order chi connectivity index (χ0) is 19.9. The molecule has 1 aromatic heterocycles. The van der Waals surface area contributed by atoms with Crippen LogP contribution >= 0.6 is 0 Å². The molecule has 2 fully saturated rings. The van der Waals surface area contributed by atoms with E-state index in [9.17, 15) is 14.0 Å². The number of amides is 2. The SMILES string of the molecule is CCn1ccc(C(=O)N2CCC3(CC2)C(OC)C(=O)N3c2cccc(F)c2)n1. The van der Waals surface area contributed by atoms with E-state index in [-0.39, 0.29) is 17.6 Å². The number of carbonyl (C=O) groups is 2. The highest BCUT2D eigenvalue weighted by Gasteiger charge is 2.62. The fourth-order valence-electron chi connectivity index (χ4n) is 4.33. The van der Waals surface area contributed by atoms with Crippen molar-refractivity contribution in [3.63, 3.8) is 0 Å². The van der Waals surface area contributed by atoms with Gasteiger partial charge < -0.3 is 14.5 Å². The van der Waals surface area contributed by atoms with Gasteiger partial charge in [-0.25, -0.2) is 4.39 Å². The highest BCUT2D eigenvalue weighted by Crippen LogP contribution is 2.45. The highest BCUT2D eigenvalue weighted by molar-refractivity contribution is 6.07. The van der Waals surface area contributed by atoms with Crippen LogP contribution < -0.4 is 4.90 Å². The van der Waals surface area contributed by atoms with Crippen molar-refractivity contribution >= 4 is 17.5 Å². The predicted octanol–water partition coefficient (Wildman–Crippen LogP) is 2.08. The van der Waals surface area contributed by atoms with Gasteiger partial charge in [-0.05, 0) is 44.0 Å². The molecule has 28 heavy (non-hydrogen) atoms. The van der Waals surface area contributed by atoms with Crippen LogP contribution in [-0.2, 0) is 16.1 Å². The molecule has 8 heteroatoms. The molecule has 4 rings (SSSR count). The van der Waals surface area contributed by atoms with E-state index >= 15 is 0 Å². The van der Waals surface area contributed by atoms with Gasteiger partial charge in [-0.1, -0.05) is 6.07 Å². The van der Waals surface area contributed by atoms with Gasteiger partial charge in [0.15, 0.2) is 6.10 Å². The lowest BCUT2D eigenvalue weighted by atomic mass is 9.72. The maximum Gasteiger partial charge on any atom is 0.274 e. The standard InChI is InChI=1S/C20H23FN4O3/c1-3-24-10-7-16(22-24)18(26)23-11-8-20(9-12-23)17(28-2)19(27)25(20)15-6-4-5-14(21)13-15/h4-7,10,13,17H,3,8-9,11-12H2,1-2H3. The molecule has 2 aliphatic heterocycles. The number of aromatic nitrogens is 2. The molecule has 0 N–H and O–H groups in total. The van der Waals surface area contributed by atoms with Crippen molar-refractivity contribution < 1.29 is 18.7 Å². The molecule has 2 aromatic rings. The summed E-state index contributed by atoms with van der Waals surface area (Å²) < 4.78 is 20.9. The Balaban J connectivity index is 1.53. The summed E-state index contributed by atoms with van der Waals surface area (Å²) >= 11 is 0. The average Bonchev–Trinajstić information content (AvgIpc) is 3.18. The lowest BCUT2D eigenvalue weighted by Gasteiger charge is -2.59. The fourth-order valence-corrected chi connectivity index (χ4v) is 4.33. The van der Waals surface area contributed by atoms with E-state index in [0.717, 1.165) is 0 Å². The minimum atomic E-state index is -0.577. The number of carbonyl (C=O) groups excluding carboxylic acids is 2. The van der Waals surface area contributed by atoms with Gasteiger partial charge in [0.25, 0.3) is 11.8 Å². The number of hydrogen-bond donors (Lipinski definition) is 0. The third kappa shape index (κ3) is 2.79. The van der Waals surface area contributed by atoms with Crippen molar-refractivity contribution in [2.24, 2.45) is 0 Å². The van der Waals surface area contributed by atoms with Crippen LogP contribution in [-0.4, -0.2) is 58.3 Å². The van der Waals surface area contributed by atoms with Gasteiger partial charge in [0, 0.05) is 38.6 Å². The Hall–Kier alpha value is -2.74. The van der Waals surface area contributed by atoms with Crippen molar-refractivity contribution in [3.8, 4) is 0 Å². The molecule has 148 valence electrons. The number of benzene rings is 1. The number of nitrogens with zero attached hydrogens (tertiary/aromatic N) is 4. The molecule has 0 radical (unpaired) electrons. The average molecular weight is 386 g/mol. The second-order valence-electron chi connectivity index (χ2n) is 7.22. The van der Waals surface area contributed by atoms with E-state index in [0.29, 0.717) is 43.9 Å². The molecule has 3 heterocycles. The van der Waals surface area contributed by atoms with Crippen molar-refractivity contribution in [2.75, 3.05) is 25.1 Å². The summed E-state index contributed by atoms with van der Waals surface area (Å²) in [5.41, 5.74) is 0.395. The number of rotatable bonds is 4. The Labute approximate surface area is 162 Å². The number of anilines is 1. The van der Waals surface area contributed by atoms with Gasteiger partial charge in [0.05, 0.1) is 5.54 Å². The number of likely N-dealkylation sites (tertiary alicyclic amines) is 1. The van der Waals surface area contributed by atoms with Crippen molar-refractivity contribution in [3.05, 3.63) is 48.0 Å². The number of halogens is 1. The molecule has 0 bridgehead atoms. The summed E-state index contributed by atoms with van der Waals surface area (Å²) in [6.07, 6.45) is 2.34. The summed E-state index contributed by atoms with van der Waals surface area (Å²) in [5.74, 6) is -0.672. The van der Waals surface area contributed by atoms with Crippen LogP contribution in [0.1, 0.15) is 30.3 Å². The topological polar surface area (TPSA) is 67.7 Å². The molecule has 2 saturated heterocycles. The van der Waals surface area contributed by atoms with Crippen LogP contribution in [0.4, 0.5) is 10.1 Å². The summed E-state index contributed by atoms with van der Waals surface area (Å²) in [4.78, 5) is 28.8. The zero-order valence-electron chi connectivity index (χ0n) is 16.0. The number of piperidine rings is 1. The van der Waals surface area contributed by atoms with E-state index in [1.807, 2.05) is 6.92 Å². The predicted molar refractivity (Wildman–Crippen MR) is 100 cm³/mol. The van der Waals surface area contributed by atoms with Crippen LogP contribution in [0.2, 0.25) is 0 Å². The van der Waals surface area contributed by atoms with Crippen LogP contribution in [0.25, 0.3) is 0 Å². The summed E-state index contributed by atoms with van der Waals surface area (Å²) in [6, 6.07) is 7.75. The minimum Gasteiger partial charge on any atom is -0.369 e. The molecule has 1 atom stereocenters. The van der Waals surface area contributed by atoms with E-state index in [1.54, 1.807) is 38.9 Å². The van der Waals surface area contributed by atoms with Crippen LogP contribution in [0, 0.1) is 5.82 Å². The number of hydrogen-bond acceptors (Lipinski definition) is 4. The normalized spacial score (nSPS) is 21.1. The molecule has 2 amide bonds. The third-order valence-electron chi connectivity index (χ3n) is 5.78. The molecule has 1 spiro atoms. The van der Waals surface area contributed by atoms with Crippen LogP contribution in [0.5, 0.6) is 0 Å². The number of β-lactam (4-membered cyclic amide) rings is 1. The summed E-state index contributed by atoms with van der Waals surface area (Å²) in [7, 11) is 1.52. The number of methoxy groups -OCH3 is 1. The van der Waals surface area contributed by atoms with Gasteiger partial charge >= 0.3 is 0 Å². The Bertz CT molecular complexity index is 904. The van der Waals surface area contributed by atoms with Crippen molar-refractivity contribution in [1.29, 1.82) is 0 Å². The van der Waals surface area contributed by atoms with Gasteiger partial charge in [0.2, 0.25) is 0 Å². The van der Waals surface area contributed by atoms with Crippen LogP contribution in [0.15, 0.2) is 36.5 Å². The Morgan fingerprint density at radius 2 is 2.07 bits per heavy atom. The van der Waals surface area contributed by atoms with Crippen LogP contribution in [0.3, 0.4) is 0 Å². The van der Waals surface area contributed by atoms with Gasteiger partial charge in [0.1, 0.15) is 11.5 Å². The van der Waals surface area contributed by atoms with Crippen molar-refractivity contribution in [2.45, 2.75) is 38.0 Å². The lowest BCUT2D eigenvalue weighted by molar-refractivity contribution is -0.150. The summed E-state index contributed by atoms with van der Waals surface area (Å²) in [5, 5.41) is 4.28. The molecule has 1 aromatic carbocycles. The molecular formula is C20H23FN4O3. The van der Waals surface area contributed by atoms with E-state index < -0.39 is 11.6 Å². The third-order valence-corrected chi connectivity index (χ3v) is 5.78.